The summed E-state index contributed by atoms with van der Waals surface area (Å²) in [6.07, 6.45) is 3.71. The molecule has 8 nitrogen and oxygen atoms in total. The van der Waals surface area contributed by atoms with Gasteiger partial charge in [-0.15, -0.1) is 0 Å². The standard InChI is InChI=1S/C27H29FN4O4S/c1-17(18-2-8-22(28)9-3-18)31-27(34)20-4-10-23(11-5-20)32-37(35,36)24-12-6-19(7-13-24)21-14-15-30-25(16-21)26(29)33/h2-3,6-9,12-17,20,23,32H,4-5,10-11H2,1H3,(H2,29,33)(H,31,34)/t17-,20?,23?/m1/s1. The fraction of sp³-hybridized carbons (Fsp3) is 0.296. The minimum Gasteiger partial charge on any atom is -0.364 e. The molecule has 1 aromatic heterocycles. The Morgan fingerprint density at radius 3 is 2.24 bits per heavy atom. The van der Waals surface area contributed by atoms with Crippen molar-refractivity contribution in [3.63, 3.8) is 0 Å². The van der Waals surface area contributed by atoms with Crippen molar-refractivity contribution in [2.24, 2.45) is 11.7 Å². The molecule has 0 unspecified atom stereocenters. The average Bonchev–Trinajstić information content (AvgIpc) is 2.89. The van der Waals surface area contributed by atoms with Gasteiger partial charge in [0.1, 0.15) is 11.5 Å². The monoisotopic (exact) mass is 524 g/mol. The highest BCUT2D eigenvalue weighted by Crippen LogP contribution is 2.27. The van der Waals surface area contributed by atoms with E-state index in [2.05, 4.69) is 15.0 Å². The maximum absolute atomic E-state index is 13.1. The molecule has 1 heterocycles. The molecule has 1 aliphatic rings. The van der Waals surface area contributed by atoms with Crippen molar-refractivity contribution in [2.75, 3.05) is 0 Å². The molecule has 0 spiro atoms. The highest BCUT2D eigenvalue weighted by molar-refractivity contribution is 7.89. The summed E-state index contributed by atoms with van der Waals surface area (Å²) in [5.41, 5.74) is 7.66. The Hall–Kier alpha value is -3.63. The summed E-state index contributed by atoms with van der Waals surface area (Å²) in [6.45, 7) is 1.85. The molecule has 1 atom stereocenters. The van der Waals surface area contributed by atoms with Crippen molar-refractivity contribution < 1.29 is 22.4 Å². The topological polar surface area (TPSA) is 131 Å². The maximum atomic E-state index is 13.1. The lowest BCUT2D eigenvalue weighted by molar-refractivity contribution is -0.126. The van der Waals surface area contributed by atoms with Gasteiger partial charge in [-0.1, -0.05) is 24.3 Å². The first kappa shape index (κ1) is 26.4. The zero-order valence-electron chi connectivity index (χ0n) is 20.4. The Labute approximate surface area is 215 Å². The van der Waals surface area contributed by atoms with Crippen LogP contribution in [0.5, 0.6) is 0 Å². The number of hydrogen-bond donors (Lipinski definition) is 3. The first-order chi connectivity index (χ1) is 17.6. The molecule has 0 bridgehead atoms. The first-order valence-corrected chi connectivity index (χ1v) is 13.5. The minimum absolute atomic E-state index is 0.0793. The quantitative estimate of drug-likeness (QED) is 0.414. The molecule has 37 heavy (non-hydrogen) atoms. The highest BCUT2D eigenvalue weighted by atomic mass is 32.2. The summed E-state index contributed by atoms with van der Waals surface area (Å²) in [7, 11) is -3.74. The van der Waals surface area contributed by atoms with Gasteiger partial charge in [-0.05, 0) is 85.7 Å². The lowest BCUT2D eigenvalue weighted by Crippen LogP contribution is -2.41. The number of primary amides is 1. The third-order valence-electron chi connectivity index (χ3n) is 6.66. The largest absolute Gasteiger partial charge is 0.364 e. The van der Waals surface area contributed by atoms with Gasteiger partial charge in [0.05, 0.1) is 10.9 Å². The van der Waals surface area contributed by atoms with Crippen molar-refractivity contribution in [3.05, 3.63) is 83.9 Å². The van der Waals surface area contributed by atoms with Crippen LogP contribution in [-0.4, -0.2) is 31.3 Å². The van der Waals surface area contributed by atoms with Crippen LogP contribution in [0.1, 0.15) is 54.7 Å². The van der Waals surface area contributed by atoms with Gasteiger partial charge in [-0.2, -0.15) is 0 Å². The normalized spacial score (nSPS) is 18.6. The lowest BCUT2D eigenvalue weighted by Gasteiger charge is -2.29. The molecule has 4 rings (SSSR count). The van der Waals surface area contributed by atoms with Crippen LogP contribution < -0.4 is 15.8 Å². The summed E-state index contributed by atoms with van der Waals surface area (Å²) < 4.78 is 41.8. The van der Waals surface area contributed by atoms with E-state index in [0.717, 1.165) is 11.1 Å². The van der Waals surface area contributed by atoms with Gasteiger partial charge in [-0.25, -0.2) is 17.5 Å². The van der Waals surface area contributed by atoms with E-state index in [4.69, 9.17) is 5.73 Å². The van der Waals surface area contributed by atoms with E-state index >= 15 is 0 Å². The summed E-state index contributed by atoms with van der Waals surface area (Å²) >= 11 is 0. The van der Waals surface area contributed by atoms with Crippen molar-refractivity contribution in [3.8, 4) is 11.1 Å². The van der Waals surface area contributed by atoms with Gasteiger partial charge in [0.25, 0.3) is 5.91 Å². The summed E-state index contributed by atoms with van der Waals surface area (Å²) in [5, 5.41) is 2.97. The van der Waals surface area contributed by atoms with E-state index in [9.17, 15) is 22.4 Å². The molecule has 2 aromatic carbocycles. The molecule has 1 fully saturated rings. The Kier molecular flexibility index (Phi) is 7.99. The van der Waals surface area contributed by atoms with Crippen LogP contribution in [0.15, 0.2) is 71.8 Å². The number of aromatic nitrogens is 1. The number of benzene rings is 2. The van der Waals surface area contributed by atoms with Gasteiger partial charge in [0.15, 0.2) is 0 Å². The zero-order chi connectivity index (χ0) is 26.6. The molecule has 1 aliphatic carbocycles. The summed E-state index contributed by atoms with van der Waals surface area (Å²) in [4.78, 5) is 28.1. The van der Waals surface area contributed by atoms with Crippen molar-refractivity contribution in [2.45, 2.75) is 49.6 Å². The number of carbonyl (C=O) groups excluding carboxylic acids is 2. The maximum Gasteiger partial charge on any atom is 0.267 e. The van der Waals surface area contributed by atoms with Crippen LogP contribution in [0, 0.1) is 11.7 Å². The fourth-order valence-corrected chi connectivity index (χ4v) is 5.80. The van der Waals surface area contributed by atoms with E-state index in [0.29, 0.717) is 31.2 Å². The number of sulfonamides is 1. The molecular formula is C27H29FN4O4S. The van der Waals surface area contributed by atoms with E-state index in [1.807, 2.05) is 6.92 Å². The summed E-state index contributed by atoms with van der Waals surface area (Å²) in [5.74, 6) is -1.25. The number of nitrogens with two attached hydrogens (primary N) is 1. The SMILES string of the molecule is C[C@@H](NC(=O)C1CCC(NS(=O)(=O)c2ccc(-c3ccnc(C(N)=O)c3)cc2)CC1)c1ccc(F)cc1. The van der Waals surface area contributed by atoms with Crippen LogP contribution in [0.2, 0.25) is 0 Å². The van der Waals surface area contributed by atoms with Crippen LogP contribution in [0.3, 0.4) is 0 Å². The Morgan fingerprint density at radius 2 is 1.62 bits per heavy atom. The number of nitrogens with one attached hydrogen (secondary N) is 2. The van der Waals surface area contributed by atoms with Crippen LogP contribution in [0.4, 0.5) is 4.39 Å². The number of pyridine rings is 1. The molecule has 1 saturated carbocycles. The van der Waals surface area contributed by atoms with Gasteiger partial charge < -0.3 is 11.1 Å². The first-order valence-electron chi connectivity index (χ1n) is 12.1. The molecular weight excluding hydrogens is 495 g/mol. The minimum atomic E-state index is -3.74. The van der Waals surface area contributed by atoms with Gasteiger partial charge in [0, 0.05) is 18.2 Å². The lowest BCUT2D eigenvalue weighted by atomic mass is 9.85. The molecule has 2 amide bonds. The molecule has 4 N–H and O–H groups in total. The molecule has 194 valence electrons. The van der Waals surface area contributed by atoms with E-state index in [-0.39, 0.29) is 40.3 Å². The third-order valence-corrected chi connectivity index (χ3v) is 8.20. The average molecular weight is 525 g/mol. The zero-order valence-corrected chi connectivity index (χ0v) is 21.2. The van der Waals surface area contributed by atoms with Gasteiger partial charge >= 0.3 is 0 Å². The van der Waals surface area contributed by atoms with E-state index in [1.165, 1.54) is 30.5 Å². The van der Waals surface area contributed by atoms with Crippen LogP contribution >= 0.6 is 0 Å². The Morgan fingerprint density at radius 1 is 0.973 bits per heavy atom. The highest BCUT2D eigenvalue weighted by Gasteiger charge is 2.29. The van der Waals surface area contributed by atoms with E-state index in [1.54, 1.807) is 36.4 Å². The van der Waals surface area contributed by atoms with Crippen molar-refractivity contribution in [1.82, 2.24) is 15.0 Å². The molecule has 0 radical (unpaired) electrons. The van der Waals surface area contributed by atoms with E-state index < -0.39 is 15.9 Å². The van der Waals surface area contributed by atoms with Crippen LogP contribution in [0.25, 0.3) is 11.1 Å². The van der Waals surface area contributed by atoms with Crippen molar-refractivity contribution >= 4 is 21.8 Å². The number of hydrogen-bond acceptors (Lipinski definition) is 5. The van der Waals surface area contributed by atoms with Crippen LogP contribution in [-0.2, 0) is 14.8 Å². The number of amides is 2. The fourth-order valence-electron chi connectivity index (χ4n) is 4.50. The second-order valence-corrected chi connectivity index (χ2v) is 11.0. The molecule has 10 heteroatoms. The molecule has 3 aromatic rings. The number of halogens is 1. The second kappa shape index (κ2) is 11.2. The molecule has 0 aliphatic heterocycles. The number of rotatable bonds is 8. The Bertz CT molecular complexity index is 1370. The second-order valence-electron chi connectivity index (χ2n) is 9.27. The van der Waals surface area contributed by atoms with Gasteiger partial charge in [-0.3, -0.25) is 14.6 Å². The predicted molar refractivity (Wildman–Crippen MR) is 137 cm³/mol. The summed E-state index contributed by atoms with van der Waals surface area (Å²) in [6, 6.07) is 15.1. The van der Waals surface area contributed by atoms with Gasteiger partial charge in [0.2, 0.25) is 15.9 Å². The number of carbonyl (C=O) groups is 2. The van der Waals surface area contributed by atoms with Crippen molar-refractivity contribution in [1.29, 1.82) is 0 Å². The smallest absolute Gasteiger partial charge is 0.267 e. The Balaban J connectivity index is 1.32. The molecule has 0 saturated heterocycles. The third kappa shape index (κ3) is 6.58. The number of nitrogens with zero attached hydrogens (tertiary/aromatic N) is 1. The predicted octanol–water partition coefficient (Wildman–Crippen LogP) is 3.70.